The molecule has 7 nitrogen and oxygen atoms in total. The second-order valence-corrected chi connectivity index (χ2v) is 10.8. The molecule has 8 heteroatoms. The molecule has 1 aromatic rings. The van der Waals surface area contributed by atoms with Crippen LogP contribution in [-0.4, -0.2) is 59.6 Å². The van der Waals surface area contributed by atoms with E-state index in [0.717, 1.165) is 10.6 Å². The van der Waals surface area contributed by atoms with Gasteiger partial charge in [0.05, 0.1) is 17.7 Å². The van der Waals surface area contributed by atoms with E-state index in [9.17, 15) is 19.8 Å². The van der Waals surface area contributed by atoms with Crippen LogP contribution in [0.25, 0.3) is 0 Å². The highest BCUT2D eigenvalue weighted by atomic mass is 32.2. The highest BCUT2D eigenvalue weighted by Gasteiger charge is 2.35. The average Bonchev–Trinajstić information content (AvgIpc) is 2.69. The van der Waals surface area contributed by atoms with Crippen LogP contribution in [0.3, 0.4) is 0 Å². The number of fused-ring (bicyclic) bond motifs is 1. The molecule has 0 aliphatic carbocycles. The highest BCUT2D eigenvalue weighted by molar-refractivity contribution is 8.00. The van der Waals surface area contributed by atoms with Crippen molar-refractivity contribution in [3.63, 3.8) is 0 Å². The third-order valence-electron chi connectivity index (χ3n) is 5.92. The first kappa shape index (κ1) is 25.5. The monoisotopic (exact) mass is 451 g/mol. The Kier molecular flexibility index (Phi) is 8.80. The summed E-state index contributed by atoms with van der Waals surface area (Å²) in [6.45, 7) is 9.14. The minimum atomic E-state index is -0.900. The van der Waals surface area contributed by atoms with Crippen molar-refractivity contribution < 1.29 is 19.8 Å². The van der Waals surface area contributed by atoms with Gasteiger partial charge in [0, 0.05) is 31.1 Å². The largest absolute Gasteiger partial charge is 0.481 e. The summed E-state index contributed by atoms with van der Waals surface area (Å²) in [5.41, 5.74) is 7.17. The quantitative estimate of drug-likeness (QED) is 0.432. The topological polar surface area (TPSA) is 116 Å². The third-order valence-corrected chi connectivity index (χ3v) is 7.17. The molecule has 1 amide bonds. The number of thioether (sulfide) groups is 1. The van der Waals surface area contributed by atoms with Gasteiger partial charge in [0.15, 0.2) is 0 Å². The molecule has 0 bridgehead atoms. The van der Waals surface area contributed by atoms with Gasteiger partial charge in [-0.25, -0.2) is 0 Å². The number of anilines is 1. The van der Waals surface area contributed by atoms with Crippen molar-refractivity contribution in [2.45, 2.75) is 62.8 Å². The van der Waals surface area contributed by atoms with Crippen LogP contribution in [0.2, 0.25) is 0 Å². The van der Waals surface area contributed by atoms with Crippen LogP contribution in [0, 0.1) is 17.3 Å². The number of carbonyl (C=O) groups excluding carboxylic acids is 1. The van der Waals surface area contributed by atoms with E-state index in [-0.39, 0.29) is 28.9 Å². The Morgan fingerprint density at radius 1 is 1.32 bits per heavy atom. The number of amides is 1. The molecular formula is C23H37N3O4S. The van der Waals surface area contributed by atoms with Crippen LogP contribution >= 0.6 is 11.8 Å². The summed E-state index contributed by atoms with van der Waals surface area (Å²) in [6.07, 6.45) is -0.202. The number of carboxylic acid groups (broad SMARTS) is 1. The van der Waals surface area contributed by atoms with E-state index in [4.69, 9.17) is 5.73 Å². The molecule has 0 saturated carbocycles. The molecule has 5 N–H and O–H groups in total. The maximum absolute atomic E-state index is 12.3. The van der Waals surface area contributed by atoms with Crippen LogP contribution in [0.15, 0.2) is 29.2 Å². The summed E-state index contributed by atoms with van der Waals surface area (Å²) in [7, 11) is 1.65. The first-order chi connectivity index (χ1) is 14.4. The fourth-order valence-corrected chi connectivity index (χ4v) is 5.46. The smallest absolute Gasteiger partial charge is 0.306 e. The van der Waals surface area contributed by atoms with Crippen molar-refractivity contribution in [1.29, 1.82) is 0 Å². The van der Waals surface area contributed by atoms with Gasteiger partial charge < -0.3 is 26.2 Å². The molecule has 1 aliphatic heterocycles. The van der Waals surface area contributed by atoms with E-state index >= 15 is 0 Å². The molecule has 4 atom stereocenters. The Morgan fingerprint density at radius 3 is 2.55 bits per heavy atom. The fourth-order valence-electron chi connectivity index (χ4n) is 4.20. The lowest BCUT2D eigenvalue weighted by molar-refractivity contribution is -0.144. The second-order valence-electron chi connectivity index (χ2n) is 9.59. The summed E-state index contributed by atoms with van der Waals surface area (Å²) >= 11 is 1.58. The number of hydrogen-bond acceptors (Lipinski definition) is 6. The van der Waals surface area contributed by atoms with Gasteiger partial charge in [-0.3, -0.25) is 9.59 Å². The molecule has 0 spiro atoms. The average molecular weight is 452 g/mol. The van der Waals surface area contributed by atoms with Gasteiger partial charge in [-0.05, 0) is 36.3 Å². The number of carbonyl (C=O) groups is 2. The van der Waals surface area contributed by atoms with Crippen molar-refractivity contribution in [2.24, 2.45) is 23.0 Å². The fraction of sp³-hybridized carbons (Fsp3) is 0.652. The van der Waals surface area contributed by atoms with E-state index < -0.39 is 24.0 Å². The van der Waals surface area contributed by atoms with Crippen LogP contribution < -0.4 is 16.0 Å². The second kappa shape index (κ2) is 10.7. The molecule has 3 unspecified atom stereocenters. The van der Waals surface area contributed by atoms with Gasteiger partial charge in [-0.1, -0.05) is 39.8 Å². The number of para-hydroxylation sites is 1. The predicted octanol–water partition coefficient (Wildman–Crippen LogP) is 2.56. The maximum Gasteiger partial charge on any atom is 0.306 e. The summed E-state index contributed by atoms with van der Waals surface area (Å²) in [6, 6.07) is 7.53. The number of carboxylic acids is 1. The minimum Gasteiger partial charge on any atom is -0.481 e. The lowest BCUT2D eigenvalue weighted by atomic mass is 9.80. The number of nitrogens with two attached hydrogens (primary N) is 1. The van der Waals surface area contributed by atoms with Gasteiger partial charge >= 0.3 is 5.97 Å². The van der Waals surface area contributed by atoms with E-state index in [0.29, 0.717) is 19.5 Å². The molecule has 1 heterocycles. The van der Waals surface area contributed by atoms with Crippen molar-refractivity contribution in [2.75, 3.05) is 25.0 Å². The first-order valence-electron chi connectivity index (χ1n) is 10.8. The number of nitrogens with zero attached hydrogens (tertiary/aromatic N) is 1. The zero-order valence-electron chi connectivity index (χ0n) is 19.2. The molecule has 0 radical (unpaired) electrons. The summed E-state index contributed by atoms with van der Waals surface area (Å²) in [5.74, 6) is -1.59. The SMILES string of the molecule is CNC(=O)[C@@H]1CN(CC(C)(C)CC(N)C(O)CC(C(=O)O)C(C)C)c2ccccc2S1. The van der Waals surface area contributed by atoms with Crippen molar-refractivity contribution >= 4 is 29.3 Å². The number of aliphatic carboxylic acids is 1. The van der Waals surface area contributed by atoms with E-state index in [1.165, 1.54) is 0 Å². The van der Waals surface area contributed by atoms with Crippen molar-refractivity contribution in [3.8, 4) is 0 Å². The zero-order valence-corrected chi connectivity index (χ0v) is 20.0. The Bertz CT molecular complexity index is 771. The summed E-state index contributed by atoms with van der Waals surface area (Å²) in [4.78, 5) is 27.1. The van der Waals surface area contributed by atoms with Gasteiger partial charge in [-0.15, -0.1) is 11.8 Å². The molecule has 0 fully saturated rings. The number of aliphatic hydroxyl groups excluding tert-OH is 1. The summed E-state index contributed by atoms with van der Waals surface area (Å²) in [5, 5.41) is 22.6. The Hall–Kier alpha value is -1.77. The van der Waals surface area contributed by atoms with E-state index in [1.807, 2.05) is 32.0 Å². The highest BCUT2D eigenvalue weighted by Crippen LogP contribution is 2.40. The van der Waals surface area contributed by atoms with E-state index in [2.05, 4.69) is 30.1 Å². The molecule has 0 saturated heterocycles. The van der Waals surface area contributed by atoms with Gasteiger partial charge in [0.2, 0.25) is 5.91 Å². The predicted molar refractivity (Wildman–Crippen MR) is 125 cm³/mol. The van der Waals surface area contributed by atoms with Gasteiger partial charge in [-0.2, -0.15) is 0 Å². The van der Waals surface area contributed by atoms with Crippen LogP contribution in [-0.2, 0) is 9.59 Å². The number of hydrogen-bond donors (Lipinski definition) is 4. The molecule has 0 aromatic heterocycles. The van der Waals surface area contributed by atoms with Crippen LogP contribution in [0.1, 0.15) is 40.5 Å². The molecule has 1 aliphatic rings. The van der Waals surface area contributed by atoms with Crippen LogP contribution in [0.4, 0.5) is 5.69 Å². The number of nitrogens with one attached hydrogen (secondary N) is 1. The molecule has 174 valence electrons. The molecular weight excluding hydrogens is 414 g/mol. The Balaban J connectivity index is 2.09. The number of aliphatic hydroxyl groups is 1. The Labute approximate surface area is 189 Å². The van der Waals surface area contributed by atoms with Crippen molar-refractivity contribution in [3.05, 3.63) is 24.3 Å². The van der Waals surface area contributed by atoms with Gasteiger partial charge in [0.1, 0.15) is 5.25 Å². The number of rotatable bonds is 10. The summed E-state index contributed by atoms with van der Waals surface area (Å²) < 4.78 is 0. The van der Waals surface area contributed by atoms with Gasteiger partial charge in [0.25, 0.3) is 0 Å². The molecule has 31 heavy (non-hydrogen) atoms. The maximum atomic E-state index is 12.3. The third kappa shape index (κ3) is 6.85. The molecule has 1 aromatic carbocycles. The first-order valence-corrected chi connectivity index (χ1v) is 11.7. The van der Waals surface area contributed by atoms with Crippen LogP contribution in [0.5, 0.6) is 0 Å². The van der Waals surface area contributed by atoms with Crippen molar-refractivity contribution in [1.82, 2.24) is 5.32 Å². The lowest BCUT2D eigenvalue weighted by Gasteiger charge is -2.41. The van der Waals surface area contributed by atoms with E-state index in [1.54, 1.807) is 18.8 Å². The number of benzene rings is 1. The minimum absolute atomic E-state index is 0.00262. The lowest BCUT2D eigenvalue weighted by Crippen LogP contribution is -2.48. The normalized spacial score (nSPS) is 19.5. The zero-order chi connectivity index (χ0) is 23.3. The molecule has 2 rings (SSSR count). The standard InChI is InChI=1S/C23H37N3O4S/c1-14(2)15(22(29)30)10-18(27)16(24)11-23(3,4)13-26-12-20(21(28)25-5)31-19-9-7-6-8-17(19)26/h6-9,14-16,18,20,27H,10-13,24H2,1-5H3,(H,25,28)(H,29,30)/t15?,16?,18?,20-/m0/s1. The Morgan fingerprint density at radius 2 is 1.97 bits per heavy atom.